The van der Waals surface area contributed by atoms with E-state index in [1.165, 1.54) is 59.7 Å². The smallest absolute Gasteiger partial charge is 0.264 e. The SMILES string of the molecule is CC(C)(C)c1ccc(N2c3cccc4c3B(c3ccc5oc6ccccc6c5c3N4c3cccc4oc5ccccc5c34)c3sc4ccc(C(C)(C)C)cc4c32)cc1. The Hall–Kier alpha value is -6.24. The third kappa shape index (κ3) is 4.64. The van der Waals surface area contributed by atoms with Gasteiger partial charge in [-0.15, -0.1) is 11.3 Å². The van der Waals surface area contributed by atoms with Gasteiger partial charge in [0.15, 0.2) is 0 Å². The summed E-state index contributed by atoms with van der Waals surface area (Å²) in [7, 11) is 0. The molecular formula is C52H41BN2O2S. The highest BCUT2D eigenvalue weighted by Crippen LogP contribution is 2.52. The number of anilines is 6. The summed E-state index contributed by atoms with van der Waals surface area (Å²) in [6.45, 7) is 13.8. The molecule has 2 aliphatic rings. The van der Waals surface area contributed by atoms with Gasteiger partial charge in [0.1, 0.15) is 22.3 Å². The number of fused-ring (bicyclic) bond motifs is 13. The molecule has 3 aromatic heterocycles. The fourth-order valence-corrected chi connectivity index (χ4v) is 11.1. The molecule has 0 aliphatic carbocycles. The van der Waals surface area contributed by atoms with Crippen LogP contribution in [0, 0.1) is 0 Å². The lowest BCUT2D eigenvalue weighted by Gasteiger charge is -2.43. The number of thiophene rings is 1. The molecule has 10 aromatic rings. The summed E-state index contributed by atoms with van der Waals surface area (Å²) < 4.78 is 15.9. The first-order valence-electron chi connectivity index (χ1n) is 20.3. The van der Waals surface area contributed by atoms with E-state index in [-0.39, 0.29) is 17.5 Å². The molecule has 12 rings (SSSR count). The van der Waals surface area contributed by atoms with E-state index in [4.69, 9.17) is 8.83 Å². The fourth-order valence-electron chi connectivity index (χ4n) is 9.75. The zero-order valence-electron chi connectivity index (χ0n) is 33.5. The summed E-state index contributed by atoms with van der Waals surface area (Å²) in [6.07, 6.45) is 0. The Kier molecular flexibility index (Phi) is 6.82. The molecule has 2 aliphatic heterocycles. The first kappa shape index (κ1) is 33.9. The Bertz CT molecular complexity index is 3340. The zero-order chi connectivity index (χ0) is 39.2. The van der Waals surface area contributed by atoms with Gasteiger partial charge in [-0.2, -0.15) is 0 Å². The number of nitrogens with zero attached hydrogens (tertiary/aromatic N) is 2. The monoisotopic (exact) mass is 768 g/mol. The van der Waals surface area contributed by atoms with Crippen molar-refractivity contribution in [3.63, 3.8) is 0 Å². The quantitative estimate of drug-likeness (QED) is 0.164. The van der Waals surface area contributed by atoms with E-state index < -0.39 is 0 Å². The molecule has 0 bridgehead atoms. The van der Waals surface area contributed by atoms with Crippen molar-refractivity contribution in [3.8, 4) is 0 Å². The average Bonchev–Trinajstić information content (AvgIpc) is 3.91. The second kappa shape index (κ2) is 11.7. The summed E-state index contributed by atoms with van der Waals surface area (Å²) in [5.74, 6) is 0. The van der Waals surface area contributed by atoms with Crippen LogP contribution in [0.4, 0.5) is 34.1 Å². The minimum Gasteiger partial charge on any atom is -0.456 e. The van der Waals surface area contributed by atoms with Crippen molar-refractivity contribution in [3.05, 3.63) is 151 Å². The Morgan fingerprint density at radius 3 is 1.78 bits per heavy atom. The predicted molar refractivity (Wildman–Crippen MR) is 248 cm³/mol. The van der Waals surface area contributed by atoms with Gasteiger partial charge >= 0.3 is 0 Å². The van der Waals surface area contributed by atoms with Gasteiger partial charge in [-0.25, -0.2) is 0 Å². The summed E-state index contributed by atoms with van der Waals surface area (Å²) in [6, 6.07) is 51.3. The van der Waals surface area contributed by atoms with E-state index in [2.05, 4.69) is 191 Å². The number of para-hydroxylation sites is 2. The molecule has 6 heteroatoms. The van der Waals surface area contributed by atoms with Crippen molar-refractivity contribution in [2.24, 2.45) is 0 Å². The highest BCUT2D eigenvalue weighted by atomic mass is 32.1. The van der Waals surface area contributed by atoms with Gasteiger partial charge in [0.05, 0.1) is 27.8 Å². The third-order valence-electron chi connectivity index (χ3n) is 12.6. The number of hydrogen-bond donors (Lipinski definition) is 0. The van der Waals surface area contributed by atoms with Gasteiger partial charge in [-0.1, -0.05) is 114 Å². The maximum atomic E-state index is 6.66. The standard InChI is InChI=1S/C52H41BN2O2S/c1-51(2,3)30-21-24-32(25-22-30)54-38-16-11-17-39-47(38)53(50-48(54)35-29-31(52(4,5)6)23-28-44(35)58-50)36-26-27-43-46(34-14-8-10-19-41(34)57-43)49(36)55(39)37-15-12-20-42-45(37)33-13-7-9-18-40(33)56-42/h7-29H,1-6H3. The highest BCUT2D eigenvalue weighted by molar-refractivity contribution is 7.33. The molecule has 0 saturated heterocycles. The second-order valence-electron chi connectivity index (χ2n) is 18.1. The zero-order valence-corrected chi connectivity index (χ0v) is 34.3. The number of furan rings is 2. The van der Waals surface area contributed by atoms with Crippen LogP contribution in [-0.2, 0) is 10.8 Å². The van der Waals surface area contributed by atoms with Crippen LogP contribution >= 0.6 is 11.3 Å². The van der Waals surface area contributed by atoms with Crippen LogP contribution in [0.15, 0.2) is 148 Å². The van der Waals surface area contributed by atoms with E-state index in [0.29, 0.717) is 0 Å². The number of rotatable bonds is 2. The van der Waals surface area contributed by atoms with Gasteiger partial charge in [0.25, 0.3) is 6.71 Å². The number of benzene rings is 7. The summed E-state index contributed by atoms with van der Waals surface area (Å²) >= 11 is 1.94. The molecule has 5 heterocycles. The molecule has 0 spiro atoms. The van der Waals surface area contributed by atoms with Crippen LogP contribution in [-0.4, -0.2) is 6.71 Å². The largest absolute Gasteiger partial charge is 0.456 e. The second-order valence-corrected chi connectivity index (χ2v) is 19.2. The van der Waals surface area contributed by atoms with Gasteiger partial charge < -0.3 is 18.6 Å². The number of hydrogen-bond acceptors (Lipinski definition) is 5. The summed E-state index contributed by atoms with van der Waals surface area (Å²) in [4.78, 5) is 5.08. The molecule has 0 N–H and O–H groups in total. The molecule has 0 radical (unpaired) electrons. The molecule has 0 fully saturated rings. The van der Waals surface area contributed by atoms with Crippen LogP contribution in [0.5, 0.6) is 0 Å². The van der Waals surface area contributed by atoms with Gasteiger partial charge in [0.2, 0.25) is 0 Å². The van der Waals surface area contributed by atoms with Gasteiger partial charge in [-0.3, -0.25) is 0 Å². The Labute approximate surface area is 342 Å². The maximum absolute atomic E-state index is 6.66. The van der Waals surface area contributed by atoms with E-state index >= 15 is 0 Å². The molecule has 58 heavy (non-hydrogen) atoms. The maximum Gasteiger partial charge on any atom is 0.264 e. The van der Waals surface area contributed by atoms with E-state index in [9.17, 15) is 0 Å². The minimum atomic E-state index is -0.00797. The molecule has 280 valence electrons. The topological polar surface area (TPSA) is 32.8 Å². The highest BCUT2D eigenvalue weighted by Gasteiger charge is 2.46. The van der Waals surface area contributed by atoms with E-state index in [0.717, 1.165) is 55.3 Å². The van der Waals surface area contributed by atoms with Crippen molar-refractivity contribution in [2.75, 3.05) is 9.80 Å². The van der Waals surface area contributed by atoms with Crippen LogP contribution in [0.2, 0.25) is 0 Å². The predicted octanol–water partition coefficient (Wildman–Crippen LogP) is 13.4. The minimum absolute atomic E-state index is 0.00605. The van der Waals surface area contributed by atoms with Crippen LogP contribution in [0.3, 0.4) is 0 Å². The molecule has 4 nitrogen and oxygen atoms in total. The lowest BCUT2D eigenvalue weighted by atomic mass is 9.36. The average molecular weight is 769 g/mol. The van der Waals surface area contributed by atoms with Crippen molar-refractivity contribution in [2.45, 2.75) is 52.4 Å². The van der Waals surface area contributed by atoms with Crippen LogP contribution < -0.4 is 25.5 Å². The third-order valence-corrected chi connectivity index (χ3v) is 13.8. The molecule has 7 aromatic carbocycles. The van der Waals surface area contributed by atoms with Crippen LogP contribution in [0.1, 0.15) is 52.7 Å². The Morgan fingerprint density at radius 2 is 1.07 bits per heavy atom. The van der Waals surface area contributed by atoms with E-state index in [1.807, 2.05) is 11.3 Å². The molecule has 0 unspecified atom stereocenters. The lowest BCUT2D eigenvalue weighted by Crippen LogP contribution is -2.60. The Morgan fingerprint density at radius 1 is 0.483 bits per heavy atom. The van der Waals surface area contributed by atoms with Crippen molar-refractivity contribution >= 4 is 122 Å². The van der Waals surface area contributed by atoms with Crippen LogP contribution in [0.25, 0.3) is 54.0 Å². The normalized spacial score (nSPS) is 13.9. The summed E-state index contributed by atoms with van der Waals surface area (Å²) in [5.41, 5.74) is 15.9. The Balaban J connectivity index is 1.23. The summed E-state index contributed by atoms with van der Waals surface area (Å²) in [5, 5.41) is 5.76. The molecule has 0 atom stereocenters. The first-order chi connectivity index (χ1) is 28.0. The van der Waals surface area contributed by atoms with Gasteiger partial charge in [0, 0.05) is 42.7 Å². The van der Waals surface area contributed by atoms with Crippen molar-refractivity contribution < 1.29 is 8.83 Å². The first-order valence-corrected chi connectivity index (χ1v) is 21.1. The van der Waals surface area contributed by atoms with Gasteiger partial charge in [-0.05, 0) is 99.6 Å². The van der Waals surface area contributed by atoms with E-state index in [1.54, 1.807) is 0 Å². The molecule has 0 saturated carbocycles. The van der Waals surface area contributed by atoms with Crippen molar-refractivity contribution in [1.29, 1.82) is 0 Å². The fraction of sp³-hybridized carbons (Fsp3) is 0.154. The molecular weight excluding hydrogens is 727 g/mol. The lowest BCUT2D eigenvalue weighted by molar-refractivity contribution is 0.590. The molecule has 0 amide bonds. The van der Waals surface area contributed by atoms with Crippen molar-refractivity contribution in [1.82, 2.24) is 0 Å².